The van der Waals surface area contributed by atoms with Crippen LogP contribution in [0.3, 0.4) is 0 Å². The fraction of sp³-hybridized carbons (Fsp3) is 0.267. The standard InChI is InChI=1S/C15H15NO3/c1-2-18-15(17)13-9-16-12-8-7-10-5-3-4-6-11(10)14(12)19-13/h3-8,13,16H,2,9H2,1H3/t13-/m1/s1. The molecular formula is C15H15NO3. The fourth-order valence-electron chi connectivity index (χ4n) is 2.26. The average Bonchev–Trinajstić information content (AvgIpc) is 2.47. The highest BCUT2D eigenvalue weighted by Crippen LogP contribution is 2.36. The highest BCUT2D eigenvalue weighted by Gasteiger charge is 2.28. The third-order valence-corrected chi connectivity index (χ3v) is 3.17. The molecule has 0 aliphatic carbocycles. The second kappa shape index (κ2) is 4.80. The number of hydrogen-bond acceptors (Lipinski definition) is 4. The predicted octanol–water partition coefficient (Wildman–Crippen LogP) is 2.58. The van der Waals surface area contributed by atoms with E-state index in [0.29, 0.717) is 13.2 Å². The molecule has 2 aromatic rings. The quantitative estimate of drug-likeness (QED) is 0.840. The highest BCUT2D eigenvalue weighted by molar-refractivity contribution is 5.94. The molecule has 98 valence electrons. The number of esters is 1. The Balaban J connectivity index is 1.98. The normalized spacial score (nSPS) is 17.2. The van der Waals surface area contributed by atoms with Gasteiger partial charge in [0.15, 0.2) is 5.75 Å². The number of carbonyl (C=O) groups excluding carboxylic acids is 1. The zero-order valence-electron chi connectivity index (χ0n) is 10.7. The molecule has 0 amide bonds. The second-order valence-electron chi connectivity index (χ2n) is 4.40. The number of anilines is 1. The molecule has 1 heterocycles. The summed E-state index contributed by atoms with van der Waals surface area (Å²) in [5.41, 5.74) is 0.916. The maximum absolute atomic E-state index is 11.8. The van der Waals surface area contributed by atoms with E-state index < -0.39 is 6.10 Å². The van der Waals surface area contributed by atoms with Crippen molar-refractivity contribution >= 4 is 22.4 Å². The van der Waals surface area contributed by atoms with Crippen LogP contribution in [-0.2, 0) is 9.53 Å². The molecule has 1 atom stereocenters. The summed E-state index contributed by atoms with van der Waals surface area (Å²) < 4.78 is 10.8. The van der Waals surface area contributed by atoms with E-state index in [4.69, 9.17) is 9.47 Å². The van der Waals surface area contributed by atoms with E-state index in [9.17, 15) is 4.79 Å². The number of rotatable bonds is 2. The van der Waals surface area contributed by atoms with Crippen molar-refractivity contribution < 1.29 is 14.3 Å². The van der Waals surface area contributed by atoms with Crippen LogP contribution in [0.1, 0.15) is 6.92 Å². The van der Waals surface area contributed by atoms with Crippen LogP contribution in [-0.4, -0.2) is 25.2 Å². The SMILES string of the molecule is CCOC(=O)[C@H]1CNc2ccc3ccccc3c2O1. The maximum Gasteiger partial charge on any atom is 0.349 e. The van der Waals surface area contributed by atoms with E-state index in [1.165, 1.54) is 0 Å². The van der Waals surface area contributed by atoms with Crippen molar-refractivity contribution in [3.8, 4) is 5.75 Å². The molecule has 0 bridgehead atoms. The van der Waals surface area contributed by atoms with Crippen LogP contribution in [0.25, 0.3) is 10.8 Å². The van der Waals surface area contributed by atoms with Crippen molar-refractivity contribution in [1.82, 2.24) is 0 Å². The molecule has 0 fully saturated rings. The summed E-state index contributed by atoms with van der Waals surface area (Å²) in [6.45, 7) is 2.59. The average molecular weight is 257 g/mol. The molecule has 1 aliphatic heterocycles. The van der Waals surface area contributed by atoms with Gasteiger partial charge in [-0.1, -0.05) is 30.3 Å². The van der Waals surface area contributed by atoms with E-state index in [2.05, 4.69) is 5.32 Å². The Morgan fingerprint density at radius 1 is 1.37 bits per heavy atom. The van der Waals surface area contributed by atoms with Crippen LogP contribution in [0, 0.1) is 0 Å². The topological polar surface area (TPSA) is 47.6 Å². The molecule has 0 radical (unpaired) electrons. The van der Waals surface area contributed by atoms with Gasteiger partial charge in [-0.3, -0.25) is 0 Å². The fourth-order valence-corrected chi connectivity index (χ4v) is 2.26. The minimum atomic E-state index is -0.585. The van der Waals surface area contributed by atoms with Crippen molar-refractivity contribution in [3.63, 3.8) is 0 Å². The molecular weight excluding hydrogens is 242 g/mol. The number of benzene rings is 2. The van der Waals surface area contributed by atoms with Crippen molar-refractivity contribution in [1.29, 1.82) is 0 Å². The lowest BCUT2D eigenvalue weighted by Crippen LogP contribution is -2.39. The van der Waals surface area contributed by atoms with Crippen LogP contribution < -0.4 is 10.1 Å². The Kier molecular flexibility index (Phi) is 2.99. The molecule has 0 saturated heterocycles. The lowest BCUT2D eigenvalue weighted by atomic mass is 10.1. The van der Waals surface area contributed by atoms with E-state index in [-0.39, 0.29) is 5.97 Å². The Morgan fingerprint density at radius 3 is 3.05 bits per heavy atom. The monoisotopic (exact) mass is 257 g/mol. The highest BCUT2D eigenvalue weighted by atomic mass is 16.6. The van der Waals surface area contributed by atoms with Gasteiger partial charge >= 0.3 is 5.97 Å². The van der Waals surface area contributed by atoms with Crippen molar-refractivity contribution in [2.45, 2.75) is 13.0 Å². The number of nitrogens with one attached hydrogen (secondary N) is 1. The van der Waals surface area contributed by atoms with E-state index in [0.717, 1.165) is 22.2 Å². The maximum atomic E-state index is 11.8. The van der Waals surface area contributed by atoms with Gasteiger partial charge in [-0.05, 0) is 18.4 Å². The number of ether oxygens (including phenoxy) is 2. The molecule has 3 rings (SSSR count). The molecule has 0 aromatic heterocycles. The molecule has 2 aromatic carbocycles. The third kappa shape index (κ3) is 2.10. The molecule has 1 aliphatic rings. The second-order valence-corrected chi connectivity index (χ2v) is 4.40. The molecule has 0 spiro atoms. The summed E-state index contributed by atoms with van der Waals surface area (Å²) in [5, 5.41) is 5.31. The summed E-state index contributed by atoms with van der Waals surface area (Å²) in [4.78, 5) is 11.8. The number of fused-ring (bicyclic) bond motifs is 3. The lowest BCUT2D eigenvalue weighted by molar-refractivity contribution is -0.150. The first-order valence-corrected chi connectivity index (χ1v) is 6.38. The van der Waals surface area contributed by atoms with Gasteiger partial charge < -0.3 is 14.8 Å². The minimum absolute atomic E-state index is 0.325. The third-order valence-electron chi connectivity index (χ3n) is 3.17. The zero-order chi connectivity index (χ0) is 13.2. The molecule has 19 heavy (non-hydrogen) atoms. The van der Waals surface area contributed by atoms with Gasteiger partial charge in [0.2, 0.25) is 6.10 Å². The molecule has 0 saturated carbocycles. The summed E-state index contributed by atoms with van der Waals surface area (Å²) in [7, 11) is 0. The minimum Gasteiger partial charge on any atom is -0.474 e. The smallest absolute Gasteiger partial charge is 0.349 e. The molecule has 1 N–H and O–H groups in total. The first-order valence-electron chi connectivity index (χ1n) is 6.38. The Morgan fingerprint density at radius 2 is 2.21 bits per heavy atom. The van der Waals surface area contributed by atoms with Crippen molar-refractivity contribution in [2.75, 3.05) is 18.5 Å². The van der Waals surface area contributed by atoms with Gasteiger partial charge in [0.05, 0.1) is 18.8 Å². The van der Waals surface area contributed by atoms with Gasteiger partial charge in [-0.25, -0.2) is 4.79 Å². The first-order chi connectivity index (χ1) is 9.29. The predicted molar refractivity (Wildman–Crippen MR) is 73.5 cm³/mol. The van der Waals surface area contributed by atoms with Crippen LogP contribution in [0.4, 0.5) is 5.69 Å². The molecule has 0 unspecified atom stereocenters. The van der Waals surface area contributed by atoms with Gasteiger partial charge in [0, 0.05) is 5.39 Å². The Bertz CT molecular complexity index is 624. The van der Waals surface area contributed by atoms with E-state index in [1.54, 1.807) is 6.92 Å². The van der Waals surface area contributed by atoms with Crippen LogP contribution in [0.2, 0.25) is 0 Å². The summed E-state index contributed by atoms with van der Waals surface area (Å²) in [6.07, 6.45) is -0.585. The Labute approximate surface area is 111 Å². The number of hydrogen-bond donors (Lipinski definition) is 1. The van der Waals surface area contributed by atoms with Gasteiger partial charge in [-0.15, -0.1) is 0 Å². The van der Waals surface area contributed by atoms with Gasteiger partial charge in [0.1, 0.15) is 0 Å². The summed E-state index contributed by atoms with van der Waals surface area (Å²) in [5.74, 6) is 0.399. The first kappa shape index (κ1) is 11.8. The van der Waals surface area contributed by atoms with Gasteiger partial charge in [0.25, 0.3) is 0 Å². The Hall–Kier alpha value is -2.23. The molecule has 4 heteroatoms. The van der Waals surface area contributed by atoms with Crippen LogP contribution in [0.15, 0.2) is 36.4 Å². The van der Waals surface area contributed by atoms with Crippen LogP contribution in [0.5, 0.6) is 5.75 Å². The van der Waals surface area contributed by atoms with Crippen molar-refractivity contribution in [3.05, 3.63) is 36.4 Å². The molecule has 4 nitrogen and oxygen atoms in total. The largest absolute Gasteiger partial charge is 0.474 e. The summed E-state index contributed by atoms with van der Waals surface area (Å²) in [6, 6.07) is 12.0. The van der Waals surface area contributed by atoms with Crippen molar-refractivity contribution in [2.24, 2.45) is 0 Å². The van der Waals surface area contributed by atoms with E-state index >= 15 is 0 Å². The zero-order valence-corrected chi connectivity index (χ0v) is 10.7. The lowest BCUT2D eigenvalue weighted by Gasteiger charge is -2.27. The van der Waals surface area contributed by atoms with Gasteiger partial charge in [-0.2, -0.15) is 0 Å². The van der Waals surface area contributed by atoms with E-state index in [1.807, 2.05) is 36.4 Å². The van der Waals surface area contributed by atoms with Crippen LogP contribution >= 0.6 is 0 Å². The number of carbonyl (C=O) groups is 1. The summed E-state index contributed by atoms with van der Waals surface area (Å²) >= 11 is 0.